The number of carbonyl (C=O) groups excluding carboxylic acids is 1. The fraction of sp³-hybridized carbons (Fsp3) is 0.333. The molecule has 0 atom stereocenters. The van der Waals surface area contributed by atoms with Crippen molar-refractivity contribution in [3.8, 4) is 6.07 Å². The largest absolute Gasteiger partial charge is 0.449 e. The Labute approximate surface area is 192 Å². The number of anilines is 1. The molecule has 0 amide bonds. The Hall–Kier alpha value is -2.99. The Morgan fingerprint density at radius 1 is 1.12 bits per heavy atom. The van der Waals surface area contributed by atoms with Crippen LogP contribution in [0.4, 0.5) is 10.6 Å². The van der Waals surface area contributed by atoms with E-state index in [4.69, 9.17) is 10.5 Å². The van der Waals surface area contributed by atoms with Crippen LogP contribution in [0.1, 0.15) is 12.0 Å². The second-order valence-corrected chi connectivity index (χ2v) is 9.06. The van der Waals surface area contributed by atoms with Gasteiger partial charge in [0.2, 0.25) is 0 Å². The van der Waals surface area contributed by atoms with Crippen LogP contribution in [-0.2, 0) is 4.74 Å². The monoisotopic (exact) mass is 449 g/mol. The van der Waals surface area contributed by atoms with Crippen LogP contribution in [-0.4, -0.2) is 66.8 Å². The van der Waals surface area contributed by atoms with Gasteiger partial charge in [-0.25, -0.2) is 9.36 Å². The molecule has 2 heterocycles. The molecule has 1 fully saturated rings. The van der Waals surface area contributed by atoms with Crippen LogP contribution >= 0.6 is 11.8 Å². The van der Waals surface area contributed by atoms with Gasteiger partial charge in [-0.1, -0.05) is 30.0 Å². The minimum atomic E-state index is -0.546. The van der Waals surface area contributed by atoms with Gasteiger partial charge < -0.3 is 20.3 Å². The Balaban J connectivity index is 1.45. The number of nitrogens with zero attached hydrogens (tertiary/aromatic N) is 4. The molecule has 0 aliphatic carbocycles. The second kappa shape index (κ2) is 10.1. The maximum atomic E-state index is 12.8. The molecule has 4 rings (SSSR count). The van der Waals surface area contributed by atoms with Gasteiger partial charge >= 0.3 is 6.09 Å². The maximum absolute atomic E-state index is 12.8. The highest BCUT2D eigenvalue weighted by atomic mass is 32.2. The fourth-order valence-corrected chi connectivity index (χ4v) is 4.75. The lowest BCUT2D eigenvalue weighted by Gasteiger charge is -2.32. The van der Waals surface area contributed by atoms with Crippen molar-refractivity contribution in [1.29, 1.82) is 5.26 Å². The molecule has 3 aromatic rings. The quantitative estimate of drug-likeness (QED) is 0.572. The van der Waals surface area contributed by atoms with E-state index in [1.54, 1.807) is 11.8 Å². The lowest BCUT2D eigenvalue weighted by atomic mass is 10.2. The lowest BCUT2D eigenvalue weighted by molar-refractivity contribution is 0.124. The van der Waals surface area contributed by atoms with E-state index in [-0.39, 0.29) is 5.82 Å². The van der Waals surface area contributed by atoms with E-state index in [0.29, 0.717) is 23.1 Å². The molecule has 1 aromatic heterocycles. The van der Waals surface area contributed by atoms with E-state index >= 15 is 0 Å². The van der Waals surface area contributed by atoms with Gasteiger partial charge in [-0.3, -0.25) is 0 Å². The van der Waals surface area contributed by atoms with Gasteiger partial charge in [0.25, 0.3) is 0 Å². The SMILES string of the molecule is CN1CCN(CCCOC(=O)n2c(N)c(C#N)c3cc(Sc4ccccc4)ccc32)CC1. The van der Waals surface area contributed by atoms with Gasteiger partial charge in [0.05, 0.1) is 12.1 Å². The summed E-state index contributed by atoms with van der Waals surface area (Å²) >= 11 is 1.59. The number of nitrogens with two attached hydrogens (primary N) is 1. The van der Waals surface area contributed by atoms with Gasteiger partial charge in [0.1, 0.15) is 17.5 Å². The van der Waals surface area contributed by atoms with Crippen LogP contribution in [0, 0.1) is 11.3 Å². The average Bonchev–Trinajstić information content (AvgIpc) is 3.09. The Morgan fingerprint density at radius 2 is 1.88 bits per heavy atom. The molecule has 2 aromatic carbocycles. The first-order chi connectivity index (χ1) is 15.6. The number of benzene rings is 2. The number of hydrogen-bond donors (Lipinski definition) is 1. The number of carbonyl (C=O) groups is 1. The predicted octanol–water partition coefficient (Wildman–Crippen LogP) is 3.87. The molecule has 2 N–H and O–H groups in total. The van der Waals surface area contributed by atoms with E-state index in [0.717, 1.165) is 48.9 Å². The fourth-order valence-electron chi connectivity index (χ4n) is 3.88. The topological polar surface area (TPSA) is 87.5 Å². The zero-order valence-electron chi connectivity index (χ0n) is 18.2. The zero-order chi connectivity index (χ0) is 22.5. The summed E-state index contributed by atoms with van der Waals surface area (Å²) in [6, 6.07) is 17.8. The maximum Gasteiger partial charge on any atom is 0.420 e. The van der Waals surface area contributed by atoms with E-state index in [1.165, 1.54) is 4.57 Å². The normalized spacial score (nSPS) is 15.0. The average molecular weight is 450 g/mol. The summed E-state index contributed by atoms with van der Waals surface area (Å²) in [7, 11) is 2.13. The highest BCUT2D eigenvalue weighted by Crippen LogP contribution is 2.34. The van der Waals surface area contributed by atoms with E-state index < -0.39 is 6.09 Å². The smallest absolute Gasteiger partial charge is 0.420 e. The van der Waals surface area contributed by atoms with Crippen LogP contribution in [0.2, 0.25) is 0 Å². The molecule has 0 bridgehead atoms. The molecular weight excluding hydrogens is 422 g/mol. The molecule has 0 spiro atoms. The standard InChI is InChI=1S/C24H27N5O2S/c1-27-11-13-28(14-12-27)10-5-15-31-24(30)29-22-9-8-19(32-18-6-3-2-4-7-18)16-20(22)21(17-25)23(29)26/h2-4,6-9,16H,5,10-15,26H2,1H3. The summed E-state index contributed by atoms with van der Waals surface area (Å²) in [5.41, 5.74) is 7.06. The van der Waals surface area contributed by atoms with Crippen molar-refractivity contribution in [2.45, 2.75) is 16.2 Å². The first kappa shape index (κ1) is 22.2. The Bertz CT molecular complexity index is 1130. The first-order valence-electron chi connectivity index (χ1n) is 10.7. The summed E-state index contributed by atoms with van der Waals surface area (Å²) < 4.78 is 6.81. The van der Waals surface area contributed by atoms with Gasteiger partial charge in [0.15, 0.2) is 0 Å². The summed E-state index contributed by atoms with van der Waals surface area (Å²) in [5, 5.41) is 10.3. The van der Waals surface area contributed by atoms with Crippen LogP contribution in [0.5, 0.6) is 0 Å². The lowest BCUT2D eigenvalue weighted by Crippen LogP contribution is -2.44. The van der Waals surface area contributed by atoms with Crippen molar-refractivity contribution in [2.24, 2.45) is 0 Å². The highest BCUT2D eigenvalue weighted by molar-refractivity contribution is 7.99. The summed E-state index contributed by atoms with van der Waals surface area (Å²) in [5.74, 6) is 0.119. The van der Waals surface area contributed by atoms with Crippen LogP contribution in [0.25, 0.3) is 10.9 Å². The van der Waals surface area contributed by atoms with Crippen molar-refractivity contribution < 1.29 is 9.53 Å². The van der Waals surface area contributed by atoms with Crippen LogP contribution in [0.15, 0.2) is 58.3 Å². The van der Waals surface area contributed by atoms with Crippen molar-refractivity contribution in [3.63, 3.8) is 0 Å². The number of hydrogen-bond acceptors (Lipinski definition) is 7. The first-order valence-corrected chi connectivity index (χ1v) is 11.5. The predicted molar refractivity (Wildman–Crippen MR) is 127 cm³/mol. The number of likely N-dealkylation sites (N-methyl/N-ethyl adjacent to an activating group) is 1. The third-order valence-corrected chi connectivity index (χ3v) is 6.69. The molecule has 32 heavy (non-hydrogen) atoms. The molecule has 7 nitrogen and oxygen atoms in total. The Kier molecular flexibility index (Phi) is 7.00. The molecule has 1 aliphatic rings. The van der Waals surface area contributed by atoms with E-state index in [9.17, 15) is 10.1 Å². The van der Waals surface area contributed by atoms with Crippen molar-refractivity contribution in [3.05, 3.63) is 54.1 Å². The van der Waals surface area contributed by atoms with Crippen molar-refractivity contribution in [1.82, 2.24) is 14.4 Å². The van der Waals surface area contributed by atoms with Gasteiger partial charge in [0, 0.05) is 47.9 Å². The Morgan fingerprint density at radius 3 is 2.59 bits per heavy atom. The minimum absolute atomic E-state index is 0.119. The zero-order valence-corrected chi connectivity index (χ0v) is 19.0. The number of fused-ring (bicyclic) bond motifs is 1. The van der Waals surface area contributed by atoms with Crippen LogP contribution < -0.4 is 5.73 Å². The summed E-state index contributed by atoms with van der Waals surface area (Å²) in [6.07, 6.45) is 0.216. The number of ether oxygens (including phenoxy) is 1. The summed E-state index contributed by atoms with van der Waals surface area (Å²) in [4.78, 5) is 19.6. The van der Waals surface area contributed by atoms with Gasteiger partial charge in [-0.2, -0.15) is 5.26 Å². The van der Waals surface area contributed by atoms with Gasteiger partial charge in [-0.15, -0.1) is 0 Å². The van der Waals surface area contributed by atoms with E-state index in [2.05, 4.69) is 22.9 Å². The van der Waals surface area contributed by atoms with Crippen molar-refractivity contribution in [2.75, 3.05) is 52.1 Å². The molecule has 8 heteroatoms. The summed E-state index contributed by atoms with van der Waals surface area (Å²) in [6.45, 7) is 5.41. The molecule has 1 aliphatic heterocycles. The number of nitrogen functional groups attached to an aromatic ring is 1. The minimum Gasteiger partial charge on any atom is -0.449 e. The molecule has 166 valence electrons. The number of aromatic nitrogens is 1. The molecule has 0 unspecified atom stereocenters. The number of nitriles is 1. The molecular formula is C24H27N5O2S. The third-order valence-electron chi connectivity index (χ3n) is 5.69. The van der Waals surface area contributed by atoms with Crippen LogP contribution in [0.3, 0.4) is 0 Å². The van der Waals surface area contributed by atoms with Crippen molar-refractivity contribution >= 4 is 34.6 Å². The molecule has 0 saturated carbocycles. The molecule has 1 saturated heterocycles. The highest BCUT2D eigenvalue weighted by Gasteiger charge is 2.21. The molecule has 0 radical (unpaired) electrons. The van der Waals surface area contributed by atoms with E-state index in [1.807, 2.05) is 48.5 Å². The number of piperazine rings is 1. The number of rotatable bonds is 6. The van der Waals surface area contributed by atoms with Gasteiger partial charge in [-0.05, 0) is 43.8 Å². The third kappa shape index (κ3) is 4.91. The second-order valence-electron chi connectivity index (χ2n) is 7.91.